The second-order valence-electron chi connectivity index (χ2n) is 0.572. The molecule has 0 spiro atoms. The van der Waals surface area contributed by atoms with Crippen LogP contribution in [0.4, 0.5) is 4.79 Å². The van der Waals surface area contributed by atoms with E-state index in [0.29, 0.717) is 3.71 Å². The fourth-order valence-electron chi connectivity index (χ4n) is 0. The molecule has 3 nitrogen and oxygen atoms in total. The van der Waals surface area contributed by atoms with E-state index in [-0.39, 0.29) is 26.2 Å². The van der Waals surface area contributed by atoms with Gasteiger partial charge in [0.1, 0.15) is 0 Å². The van der Waals surface area contributed by atoms with Gasteiger partial charge in [-0.05, 0) is 25.6 Å². The van der Waals surface area contributed by atoms with E-state index in [9.17, 15) is 4.79 Å². The maximum Gasteiger partial charge on any atom is 0.427 e. The second kappa shape index (κ2) is 5.00. The fourth-order valence-corrected chi connectivity index (χ4v) is 0. The topological polar surface area (TPSA) is 40.5 Å². The molecule has 0 unspecified atom stereocenters. The van der Waals surface area contributed by atoms with Gasteiger partial charge in [0.05, 0.1) is 0 Å². The third kappa shape index (κ3) is 6.85. The summed E-state index contributed by atoms with van der Waals surface area (Å²) in [5, 5.41) is 7.76. The van der Waals surface area contributed by atoms with E-state index in [0.717, 1.165) is 0 Å². The van der Waals surface area contributed by atoms with Gasteiger partial charge in [-0.15, -0.1) is 0 Å². The van der Waals surface area contributed by atoms with Crippen LogP contribution in [-0.2, 0) is 26.2 Å². The van der Waals surface area contributed by atoms with Crippen molar-refractivity contribution < 1.29 is 36.1 Å². The first-order valence-corrected chi connectivity index (χ1v) is 1.85. The van der Waals surface area contributed by atoms with Gasteiger partial charge in [0.2, 0.25) is 0 Å². The van der Waals surface area contributed by atoms with Crippen LogP contribution in [0, 0.1) is 0 Å². The van der Waals surface area contributed by atoms with Gasteiger partial charge >= 0.3 is 6.09 Å². The van der Waals surface area contributed by atoms with E-state index in [1.54, 1.807) is 0 Å². The molecule has 0 saturated carbocycles. The summed E-state index contributed by atoms with van der Waals surface area (Å²) in [6.45, 7) is 0. The molecular weight excluding hydrogens is 213 g/mol. The van der Waals surface area contributed by atoms with Gasteiger partial charge < -0.3 is 5.11 Å². The Bertz CT molecular complexity index is 66.7. The maximum atomic E-state index is 9.47. The van der Waals surface area contributed by atoms with Crippen LogP contribution in [0.1, 0.15) is 0 Å². The Balaban J connectivity index is 0. The van der Waals surface area contributed by atoms with Crippen LogP contribution in [-0.4, -0.2) is 14.9 Å². The van der Waals surface area contributed by atoms with E-state index in [4.69, 9.17) is 5.11 Å². The van der Waals surface area contributed by atoms with Crippen molar-refractivity contribution in [2.45, 2.75) is 0 Å². The summed E-state index contributed by atoms with van der Waals surface area (Å²) in [5.41, 5.74) is 0. The Hall–Kier alpha value is 0.853. The Labute approximate surface area is 71.3 Å². The first kappa shape index (κ1) is 10.8. The van der Waals surface area contributed by atoms with Gasteiger partial charge in [0, 0.05) is 26.2 Å². The molecule has 1 N–H and O–H groups in total. The molecule has 0 radical (unpaired) electrons. The van der Waals surface area contributed by atoms with Gasteiger partial charge in [-0.1, -0.05) is 0 Å². The van der Waals surface area contributed by atoms with Gasteiger partial charge in [0.25, 0.3) is 0 Å². The van der Waals surface area contributed by atoms with E-state index in [1.165, 1.54) is 0 Å². The van der Waals surface area contributed by atoms with Crippen molar-refractivity contribution in [1.82, 2.24) is 3.71 Å². The van der Waals surface area contributed by atoms with Gasteiger partial charge in [0.15, 0.2) is 0 Å². The van der Waals surface area contributed by atoms with Crippen molar-refractivity contribution >= 4 is 31.7 Å². The Kier molecular flexibility index (Phi) is 7.69. The van der Waals surface area contributed by atoms with E-state index in [2.05, 4.69) is 25.6 Å². The molecular formula is CH3NO2S2Zr. The van der Waals surface area contributed by atoms with Crippen LogP contribution in [0.2, 0.25) is 0 Å². The third-order valence-electron chi connectivity index (χ3n) is 0.171. The normalized spacial score (nSPS) is 6.57. The molecule has 0 fully saturated rings. The number of nitrogens with zero attached hydrogens (tertiary/aromatic N) is 1. The summed E-state index contributed by atoms with van der Waals surface area (Å²) < 4.78 is 0.472. The monoisotopic (exact) mass is 215 g/mol. The molecule has 0 aliphatic rings. The molecule has 0 rings (SSSR count). The van der Waals surface area contributed by atoms with Gasteiger partial charge in [-0.2, -0.15) is 3.71 Å². The Morgan fingerprint density at radius 3 is 1.71 bits per heavy atom. The average Bonchev–Trinajstić information content (AvgIpc) is 1.36. The molecule has 7 heavy (non-hydrogen) atoms. The number of carbonyl (C=O) groups is 1. The van der Waals surface area contributed by atoms with Crippen LogP contribution < -0.4 is 0 Å². The van der Waals surface area contributed by atoms with Gasteiger partial charge in [-0.3, -0.25) is 0 Å². The molecule has 40 valence electrons. The van der Waals surface area contributed by atoms with E-state index in [1.807, 2.05) is 0 Å². The summed E-state index contributed by atoms with van der Waals surface area (Å²) in [6, 6.07) is 0. The zero-order chi connectivity index (χ0) is 5.15. The molecule has 0 atom stereocenters. The molecule has 0 aliphatic heterocycles. The Morgan fingerprint density at radius 1 is 1.57 bits per heavy atom. The maximum absolute atomic E-state index is 9.47. The first-order chi connectivity index (χ1) is 2.64. The molecule has 0 heterocycles. The van der Waals surface area contributed by atoms with Crippen LogP contribution in [0.5, 0.6) is 0 Å². The average molecular weight is 216 g/mol. The Morgan fingerprint density at radius 2 is 1.71 bits per heavy atom. The minimum Gasteiger partial charge on any atom is -0.464 e. The minimum absolute atomic E-state index is 0. The predicted molar refractivity (Wildman–Crippen MR) is 27.8 cm³/mol. The minimum atomic E-state index is -1.18. The number of carboxylic acid groups (broad SMARTS) is 1. The van der Waals surface area contributed by atoms with Crippen LogP contribution in [0.3, 0.4) is 0 Å². The van der Waals surface area contributed by atoms with Crippen molar-refractivity contribution in [1.29, 1.82) is 0 Å². The number of amides is 1. The van der Waals surface area contributed by atoms with Gasteiger partial charge in [-0.25, -0.2) is 4.79 Å². The predicted octanol–water partition coefficient (Wildman–Crippen LogP) is 0.653. The number of thiol groups is 2. The largest absolute Gasteiger partial charge is 0.464 e. The van der Waals surface area contributed by atoms with Crippen LogP contribution in [0.25, 0.3) is 0 Å². The zero-order valence-electron chi connectivity index (χ0n) is 3.20. The van der Waals surface area contributed by atoms with E-state index < -0.39 is 6.09 Å². The molecule has 6 heteroatoms. The number of hydrogen-bond donors (Lipinski definition) is 3. The van der Waals surface area contributed by atoms with Crippen molar-refractivity contribution in [2.75, 3.05) is 0 Å². The summed E-state index contributed by atoms with van der Waals surface area (Å²) in [7, 11) is 0. The molecule has 1 amide bonds. The second-order valence-corrected chi connectivity index (χ2v) is 1.69. The summed E-state index contributed by atoms with van der Waals surface area (Å²) in [6.07, 6.45) is -1.18. The number of rotatable bonds is 0. The van der Waals surface area contributed by atoms with Crippen molar-refractivity contribution in [3.63, 3.8) is 0 Å². The summed E-state index contributed by atoms with van der Waals surface area (Å²) >= 11 is 6.58. The molecule has 0 aromatic heterocycles. The quantitative estimate of drug-likeness (QED) is 0.521. The number of hydrogen-bond acceptors (Lipinski definition) is 3. The molecule has 0 aromatic carbocycles. The molecule has 0 bridgehead atoms. The van der Waals surface area contributed by atoms with Crippen molar-refractivity contribution in [3.8, 4) is 0 Å². The molecule has 0 aliphatic carbocycles. The standard InChI is InChI=1S/CH3NO2S2.Zr/c3-1(4)2(5)6;/h5-6H,(H,3,4);. The summed E-state index contributed by atoms with van der Waals surface area (Å²) in [4.78, 5) is 9.47. The third-order valence-corrected chi connectivity index (χ3v) is 0.513. The first-order valence-electron chi connectivity index (χ1n) is 1.05. The summed E-state index contributed by atoms with van der Waals surface area (Å²) in [5.74, 6) is 0. The molecule has 0 saturated heterocycles. The van der Waals surface area contributed by atoms with Crippen LogP contribution in [0.15, 0.2) is 0 Å². The fraction of sp³-hybridized carbons (Fsp3) is 0. The van der Waals surface area contributed by atoms with Crippen molar-refractivity contribution in [3.05, 3.63) is 0 Å². The van der Waals surface area contributed by atoms with Crippen LogP contribution >= 0.6 is 25.6 Å². The smallest absolute Gasteiger partial charge is 0.427 e. The SMILES string of the molecule is O=C(O)N(S)S.[Zr]. The van der Waals surface area contributed by atoms with E-state index >= 15 is 0 Å². The molecule has 0 aromatic rings. The van der Waals surface area contributed by atoms with Crippen molar-refractivity contribution in [2.24, 2.45) is 0 Å². The zero-order valence-corrected chi connectivity index (χ0v) is 7.44.